The highest BCUT2D eigenvalue weighted by molar-refractivity contribution is 5.56. The van der Waals surface area contributed by atoms with Crippen molar-refractivity contribution in [2.45, 2.75) is 6.92 Å². The van der Waals surface area contributed by atoms with Crippen LogP contribution in [0.4, 0.5) is 0 Å². The minimum absolute atomic E-state index is 0.0381. The molecule has 0 unspecified atom stereocenters. The molecule has 5 nitrogen and oxygen atoms in total. The molecular weight excluding hydrogens is 264 g/mol. The first-order chi connectivity index (χ1) is 10.0. The Morgan fingerprint density at radius 1 is 1.29 bits per heavy atom. The van der Waals surface area contributed by atoms with Crippen LogP contribution in [0.3, 0.4) is 0 Å². The maximum Gasteiger partial charge on any atom is 0.291 e. The molecule has 21 heavy (non-hydrogen) atoms. The number of nitriles is 1. The lowest BCUT2D eigenvalue weighted by atomic mass is 10.2. The van der Waals surface area contributed by atoms with Crippen LogP contribution in [0.25, 0.3) is 11.8 Å². The molecule has 0 amide bonds. The van der Waals surface area contributed by atoms with E-state index in [4.69, 9.17) is 0 Å². The monoisotopic (exact) mass is 280 g/mol. The third-order valence-electron chi connectivity index (χ3n) is 2.97. The van der Waals surface area contributed by atoms with Crippen LogP contribution in [0.2, 0.25) is 0 Å². The van der Waals surface area contributed by atoms with E-state index >= 15 is 0 Å². The van der Waals surface area contributed by atoms with Gasteiger partial charge in [-0.2, -0.15) is 10.2 Å². The standard InChI is InChI=1S/C16H16N4O/c1-12-4-6-13(7-5-12)20-11-18-16(21)14(10-17)15(20)8-9-19(2)3/h4-9,11H,1-3H3/b9-8+. The lowest BCUT2D eigenvalue weighted by Gasteiger charge is -2.12. The van der Waals surface area contributed by atoms with Gasteiger partial charge in [0.15, 0.2) is 0 Å². The molecule has 0 fully saturated rings. The van der Waals surface area contributed by atoms with Crippen LogP contribution in [0.1, 0.15) is 16.8 Å². The van der Waals surface area contributed by atoms with Gasteiger partial charge in [-0.05, 0) is 25.1 Å². The van der Waals surface area contributed by atoms with Gasteiger partial charge in [-0.25, -0.2) is 0 Å². The molecule has 0 aliphatic rings. The summed E-state index contributed by atoms with van der Waals surface area (Å²) < 4.78 is 1.74. The lowest BCUT2D eigenvalue weighted by molar-refractivity contribution is 0.567. The molecule has 5 heteroatoms. The molecule has 0 saturated heterocycles. The predicted octanol–water partition coefficient (Wildman–Crippen LogP) is 1.94. The van der Waals surface area contributed by atoms with Gasteiger partial charge in [0, 0.05) is 26.0 Å². The predicted molar refractivity (Wildman–Crippen MR) is 82.0 cm³/mol. The zero-order chi connectivity index (χ0) is 15.4. The maximum absolute atomic E-state index is 11.8. The van der Waals surface area contributed by atoms with E-state index in [1.54, 1.807) is 16.8 Å². The van der Waals surface area contributed by atoms with Gasteiger partial charge < -0.3 is 4.90 Å². The van der Waals surface area contributed by atoms with E-state index < -0.39 is 5.56 Å². The fraction of sp³-hybridized carbons (Fsp3) is 0.188. The van der Waals surface area contributed by atoms with Gasteiger partial charge in [0.1, 0.15) is 18.0 Å². The van der Waals surface area contributed by atoms with Crippen LogP contribution in [0, 0.1) is 18.3 Å². The number of hydrogen-bond acceptors (Lipinski definition) is 4. The molecule has 2 aromatic rings. The first-order valence-corrected chi connectivity index (χ1v) is 6.46. The molecule has 0 saturated carbocycles. The Bertz CT molecular complexity index is 764. The summed E-state index contributed by atoms with van der Waals surface area (Å²) in [6.07, 6.45) is 4.98. The van der Waals surface area contributed by atoms with E-state index in [9.17, 15) is 10.1 Å². The fourth-order valence-corrected chi connectivity index (χ4v) is 1.87. The number of rotatable bonds is 3. The molecule has 106 valence electrons. The average Bonchev–Trinajstić information content (AvgIpc) is 2.46. The third kappa shape index (κ3) is 3.18. The second-order valence-corrected chi connectivity index (χ2v) is 4.91. The molecule has 1 aromatic heterocycles. The van der Waals surface area contributed by atoms with E-state index in [1.807, 2.05) is 56.3 Å². The van der Waals surface area contributed by atoms with E-state index in [2.05, 4.69) is 4.98 Å². The smallest absolute Gasteiger partial charge is 0.291 e. The van der Waals surface area contributed by atoms with Gasteiger partial charge in [0.05, 0.1) is 5.69 Å². The van der Waals surface area contributed by atoms with E-state index in [0.29, 0.717) is 5.69 Å². The van der Waals surface area contributed by atoms with Crippen LogP contribution in [-0.4, -0.2) is 28.5 Å². The number of nitrogens with zero attached hydrogens (tertiary/aromatic N) is 4. The highest BCUT2D eigenvalue weighted by Gasteiger charge is 2.11. The normalized spacial score (nSPS) is 10.6. The Hall–Kier alpha value is -2.87. The zero-order valence-electron chi connectivity index (χ0n) is 12.2. The summed E-state index contributed by atoms with van der Waals surface area (Å²) in [7, 11) is 3.75. The molecular formula is C16H16N4O. The molecule has 0 aliphatic carbocycles. The number of aryl methyl sites for hydroxylation is 1. The summed E-state index contributed by atoms with van der Waals surface area (Å²) in [6.45, 7) is 2.00. The Labute approximate surface area is 123 Å². The van der Waals surface area contributed by atoms with Crippen molar-refractivity contribution in [3.8, 4) is 11.8 Å². The van der Waals surface area contributed by atoms with Gasteiger partial charge in [-0.3, -0.25) is 9.36 Å². The summed E-state index contributed by atoms with van der Waals surface area (Å²) in [4.78, 5) is 17.4. The van der Waals surface area contributed by atoms with Crippen LogP contribution >= 0.6 is 0 Å². The highest BCUT2D eigenvalue weighted by Crippen LogP contribution is 2.14. The van der Waals surface area contributed by atoms with Crippen LogP contribution < -0.4 is 5.56 Å². The molecule has 0 spiro atoms. The summed E-state index contributed by atoms with van der Waals surface area (Å²) in [5.41, 5.74) is 2.03. The Kier molecular flexibility index (Phi) is 4.19. The van der Waals surface area contributed by atoms with Crippen LogP contribution in [0.15, 0.2) is 41.6 Å². The van der Waals surface area contributed by atoms with Crippen LogP contribution in [-0.2, 0) is 0 Å². The Balaban J connectivity index is 2.68. The molecule has 1 aromatic carbocycles. The second kappa shape index (κ2) is 6.06. The molecule has 1 heterocycles. The first kappa shape index (κ1) is 14.5. The lowest BCUT2D eigenvalue weighted by Crippen LogP contribution is -2.18. The summed E-state index contributed by atoms with van der Waals surface area (Å²) in [5, 5.41) is 9.23. The minimum atomic E-state index is -0.515. The van der Waals surface area contributed by atoms with Crippen molar-refractivity contribution in [2.24, 2.45) is 0 Å². The Morgan fingerprint density at radius 2 is 1.95 bits per heavy atom. The topological polar surface area (TPSA) is 61.9 Å². The number of benzene rings is 1. The van der Waals surface area contributed by atoms with Gasteiger partial charge in [0.2, 0.25) is 0 Å². The largest absolute Gasteiger partial charge is 0.383 e. The fourth-order valence-electron chi connectivity index (χ4n) is 1.87. The van der Waals surface area contributed by atoms with Gasteiger partial charge in [-0.15, -0.1) is 0 Å². The van der Waals surface area contributed by atoms with Gasteiger partial charge in [-0.1, -0.05) is 17.7 Å². The maximum atomic E-state index is 11.8. The van der Waals surface area contributed by atoms with Crippen molar-refractivity contribution in [3.05, 3.63) is 64.0 Å². The summed E-state index contributed by atoms with van der Waals surface area (Å²) in [6, 6.07) is 9.74. The van der Waals surface area contributed by atoms with Crippen molar-refractivity contribution >= 4 is 6.08 Å². The van der Waals surface area contributed by atoms with Gasteiger partial charge in [0.25, 0.3) is 5.56 Å². The number of hydrogen-bond donors (Lipinski definition) is 0. The SMILES string of the molecule is Cc1ccc(-n2cnc(=O)c(C#N)c2/C=C/N(C)C)cc1. The first-order valence-electron chi connectivity index (χ1n) is 6.46. The molecule has 0 N–H and O–H groups in total. The molecule has 0 atom stereocenters. The average molecular weight is 280 g/mol. The highest BCUT2D eigenvalue weighted by atomic mass is 16.1. The minimum Gasteiger partial charge on any atom is -0.383 e. The number of aromatic nitrogens is 2. The quantitative estimate of drug-likeness (QED) is 0.862. The molecule has 0 aliphatic heterocycles. The van der Waals surface area contributed by atoms with Crippen LogP contribution in [0.5, 0.6) is 0 Å². The van der Waals surface area contributed by atoms with E-state index in [0.717, 1.165) is 11.3 Å². The summed E-state index contributed by atoms with van der Waals surface area (Å²) >= 11 is 0. The Morgan fingerprint density at radius 3 is 2.52 bits per heavy atom. The van der Waals surface area contributed by atoms with Crippen molar-refractivity contribution in [1.29, 1.82) is 5.26 Å². The van der Waals surface area contributed by atoms with Gasteiger partial charge >= 0.3 is 0 Å². The van der Waals surface area contributed by atoms with E-state index in [1.165, 1.54) is 6.33 Å². The third-order valence-corrected chi connectivity index (χ3v) is 2.97. The molecule has 2 rings (SSSR count). The van der Waals surface area contributed by atoms with Crippen molar-refractivity contribution < 1.29 is 0 Å². The van der Waals surface area contributed by atoms with E-state index in [-0.39, 0.29) is 5.56 Å². The van der Waals surface area contributed by atoms with Crippen molar-refractivity contribution in [2.75, 3.05) is 14.1 Å². The second-order valence-electron chi connectivity index (χ2n) is 4.91. The molecule has 0 bridgehead atoms. The van der Waals surface area contributed by atoms with Crippen molar-refractivity contribution in [3.63, 3.8) is 0 Å². The summed E-state index contributed by atoms with van der Waals surface area (Å²) in [5.74, 6) is 0. The molecule has 0 radical (unpaired) electrons. The zero-order valence-corrected chi connectivity index (χ0v) is 12.2. The van der Waals surface area contributed by atoms with Crippen molar-refractivity contribution in [1.82, 2.24) is 14.5 Å².